The Morgan fingerprint density at radius 2 is 2.00 bits per heavy atom. The first-order chi connectivity index (χ1) is 6.77. The largest absolute Gasteiger partial charge is 0.281 e. The third-order valence-corrected chi connectivity index (χ3v) is 3.01. The maximum absolute atomic E-state index is 11.3. The van der Waals surface area contributed by atoms with Crippen molar-refractivity contribution in [2.45, 2.75) is 25.2 Å². The summed E-state index contributed by atoms with van der Waals surface area (Å²) < 4.78 is 0. The van der Waals surface area contributed by atoms with E-state index >= 15 is 0 Å². The maximum Gasteiger partial charge on any atom is 0.229 e. The molecule has 0 amide bonds. The van der Waals surface area contributed by atoms with Gasteiger partial charge in [-0.15, -0.1) is 0 Å². The lowest BCUT2D eigenvalue weighted by Gasteiger charge is -2.11. The Hall–Kier alpha value is -0.820. The molecule has 0 unspecified atom stereocenters. The molecule has 2 heteroatoms. The highest BCUT2D eigenvalue weighted by atomic mass is 35.5. The fraction of sp³-hybridized carbons (Fsp3) is 0.417. The van der Waals surface area contributed by atoms with Gasteiger partial charge in [0, 0.05) is 0 Å². The van der Waals surface area contributed by atoms with Crippen molar-refractivity contribution < 1.29 is 4.79 Å². The molecule has 1 saturated carbocycles. The van der Waals surface area contributed by atoms with Crippen LogP contribution in [0.1, 0.15) is 30.7 Å². The second kappa shape index (κ2) is 4.14. The van der Waals surface area contributed by atoms with Crippen molar-refractivity contribution in [3.05, 3.63) is 35.9 Å². The molecule has 0 spiro atoms. The molecule has 0 saturated heterocycles. The van der Waals surface area contributed by atoms with E-state index in [9.17, 15) is 4.79 Å². The number of hydrogen-bond donors (Lipinski definition) is 0. The first-order valence-corrected chi connectivity index (χ1v) is 5.39. The van der Waals surface area contributed by atoms with Gasteiger partial charge in [0.25, 0.3) is 0 Å². The molecule has 1 aromatic carbocycles. The van der Waals surface area contributed by atoms with Crippen molar-refractivity contribution in [1.82, 2.24) is 0 Å². The normalized spacial score (nSPS) is 17.8. The van der Waals surface area contributed by atoms with Gasteiger partial charge in [-0.05, 0) is 29.5 Å². The van der Waals surface area contributed by atoms with Crippen molar-refractivity contribution in [1.29, 1.82) is 0 Å². The van der Waals surface area contributed by atoms with Gasteiger partial charge < -0.3 is 0 Å². The zero-order valence-corrected chi connectivity index (χ0v) is 8.70. The summed E-state index contributed by atoms with van der Waals surface area (Å²) in [5.74, 6) is 0.633. The summed E-state index contributed by atoms with van der Waals surface area (Å²) in [6.45, 7) is 0. The van der Waals surface area contributed by atoms with E-state index in [0.29, 0.717) is 0 Å². The molecule has 1 nitrogen and oxygen atoms in total. The van der Waals surface area contributed by atoms with E-state index in [1.54, 1.807) is 0 Å². The number of hydrogen-bond acceptors (Lipinski definition) is 1. The van der Waals surface area contributed by atoms with Crippen LogP contribution >= 0.6 is 11.6 Å². The molecule has 1 aliphatic carbocycles. The molecule has 0 bridgehead atoms. The van der Waals surface area contributed by atoms with E-state index in [0.717, 1.165) is 17.9 Å². The molecule has 0 N–H and O–H groups in total. The first-order valence-electron chi connectivity index (χ1n) is 5.01. The van der Waals surface area contributed by atoms with Crippen molar-refractivity contribution in [2.75, 3.05) is 0 Å². The van der Waals surface area contributed by atoms with Crippen LogP contribution in [0, 0.1) is 5.92 Å². The van der Waals surface area contributed by atoms with E-state index in [-0.39, 0.29) is 11.2 Å². The lowest BCUT2D eigenvalue weighted by atomic mass is 9.95. The topological polar surface area (TPSA) is 17.1 Å². The highest BCUT2D eigenvalue weighted by Gasteiger charge is 2.29. The highest BCUT2D eigenvalue weighted by molar-refractivity contribution is 6.64. The SMILES string of the molecule is O=C(Cl)[C@@H](CC1CC1)c1ccccc1. The Balaban J connectivity index is 2.13. The Morgan fingerprint density at radius 1 is 1.36 bits per heavy atom. The van der Waals surface area contributed by atoms with Crippen molar-refractivity contribution >= 4 is 16.8 Å². The van der Waals surface area contributed by atoms with E-state index in [2.05, 4.69) is 0 Å². The average Bonchev–Trinajstić information content (AvgIpc) is 2.99. The second-order valence-corrected chi connectivity index (χ2v) is 4.32. The third-order valence-electron chi connectivity index (χ3n) is 2.74. The lowest BCUT2D eigenvalue weighted by molar-refractivity contribution is -0.113. The second-order valence-electron chi connectivity index (χ2n) is 3.95. The summed E-state index contributed by atoms with van der Waals surface area (Å²) in [5, 5.41) is -0.219. The lowest BCUT2D eigenvalue weighted by Crippen LogP contribution is -2.07. The van der Waals surface area contributed by atoms with Gasteiger partial charge in [0.2, 0.25) is 5.24 Å². The van der Waals surface area contributed by atoms with Gasteiger partial charge in [-0.1, -0.05) is 43.2 Å². The van der Waals surface area contributed by atoms with Crippen LogP contribution in [0.4, 0.5) is 0 Å². The molecule has 1 aromatic rings. The molecular weight excluding hydrogens is 196 g/mol. The van der Waals surface area contributed by atoms with Crippen LogP contribution in [0.5, 0.6) is 0 Å². The van der Waals surface area contributed by atoms with Crippen LogP contribution < -0.4 is 0 Å². The monoisotopic (exact) mass is 208 g/mol. The minimum atomic E-state index is -0.219. The summed E-state index contributed by atoms with van der Waals surface area (Å²) in [6.07, 6.45) is 3.44. The molecule has 0 aromatic heterocycles. The van der Waals surface area contributed by atoms with E-state index in [4.69, 9.17) is 11.6 Å². The number of carbonyl (C=O) groups is 1. The Morgan fingerprint density at radius 3 is 2.50 bits per heavy atom. The summed E-state index contributed by atoms with van der Waals surface area (Å²) in [4.78, 5) is 11.3. The highest BCUT2D eigenvalue weighted by Crippen LogP contribution is 2.39. The van der Waals surface area contributed by atoms with E-state index in [1.165, 1.54) is 12.8 Å². The summed E-state index contributed by atoms with van der Waals surface area (Å²) in [7, 11) is 0. The van der Waals surface area contributed by atoms with E-state index in [1.807, 2.05) is 30.3 Å². The maximum atomic E-state index is 11.3. The zero-order chi connectivity index (χ0) is 9.97. The number of halogens is 1. The zero-order valence-electron chi connectivity index (χ0n) is 7.95. The van der Waals surface area contributed by atoms with Crippen LogP contribution in [0.15, 0.2) is 30.3 Å². The molecule has 2 rings (SSSR count). The number of carbonyl (C=O) groups excluding carboxylic acids is 1. The smallest absolute Gasteiger partial charge is 0.229 e. The van der Waals surface area contributed by atoms with Crippen LogP contribution in [0.25, 0.3) is 0 Å². The Bertz CT molecular complexity index is 316. The predicted molar refractivity (Wildman–Crippen MR) is 57.4 cm³/mol. The van der Waals surface area contributed by atoms with E-state index < -0.39 is 0 Å². The Labute approximate surface area is 89.1 Å². The van der Waals surface area contributed by atoms with Crippen molar-refractivity contribution in [3.8, 4) is 0 Å². The summed E-state index contributed by atoms with van der Waals surface area (Å²) >= 11 is 5.61. The fourth-order valence-electron chi connectivity index (χ4n) is 1.73. The molecular formula is C12H13ClO. The minimum absolute atomic E-state index is 0.0923. The van der Waals surface area contributed by atoms with Gasteiger partial charge in [-0.2, -0.15) is 0 Å². The fourth-order valence-corrected chi connectivity index (χ4v) is 1.95. The standard InChI is InChI=1S/C12H13ClO/c13-12(14)11(8-9-6-7-9)10-4-2-1-3-5-10/h1-5,9,11H,6-8H2/t11-/m0/s1. The number of rotatable bonds is 4. The molecule has 0 aliphatic heterocycles. The van der Waals surface area contributed by atoms with Gasteiger partial charge >= 0.3 is 0 Å². The molecule has 0 radical (unpaired) electrons. The average molecular weight is 209 g/mol. The van der Waals surface area contributed by atoms with Gasteiger partial charge in [0.1, 0.15) is 0 Å². The predicted octanol–water partition coefficient (Wildman–Crippen LogP) is 3.34. The molecule has 0 heterocycles. The van der Waals surface area contributed by atoms with Gasteiger partial charge in [-0.3, -0.25) is 4.79 Å². The van der Waals surface area contributed by atoms with Crippen LogP contribution in [-0.4, -0.2) is 5.24 Å². The van der Waals surface area contributed by atoms with Gasteiger partial charge in [0.05, 0.1) is 5.92 Å². The summed E-state index contributed by atoms with van der Waals surface area (Å²) in [5.41, 5.74) is 1.06. The number of benzene rings is 1. The van der Waals surface area contributed by atoms with Gasteiger partial charge in [-0.25, -0.2) is 0 Å². The molecule has 1 atom stereocenters. The van der Waals surface area contributed by atoms with Crippen LogP contribution in [0.2, 0.25) is 0 Å². The van der Waals surface area contributed by atoms with Crippen molar-refractivity contribution in [3.63, 3.8) is 0 Å². The first kappa shape index (κ1) is 9.72. The Kier molecular flexibility index (Phi) is 2.87. The van der Waals surface area contributed by atoms with Crippen LogP contribution in [0.3, 0.4) is 0 Å². The minimum Gasteiger partial charge on any atom is -0.281 e. The molecule has 14 heavy (non-hydrogen) atoms. The molecule has 1 fully saturated rings. The van der Waals surface area contributed by atoms with Gasteiger partial charge in [0.15, 0.2) is 0 Å². The summed E-state index contributed by atoms with van der Waals surface area (Å²) in [6, 6.07) is 9.82. The quantitative estimate of drug-likeness (QED) is 0.694. The molecule has 74 valence electrons. The third kappa shape index (κ3) is 2.36. The van der Waals surface area contributed by atoms with Crippen LogP contribution in [-0.2, 0) is 4.79 Å². The van der Waals surface area contributed by atoms with Crippen molar-refractivity contribution in [2.24, 2.45) is 5.92 Å². The molecule has 1 aliphatic rings.